The molecule has 1 atom stereocenters. The number of benzene rings is 2. The van der Waals surface area contributed by atoms with E-state index in [1.807, 2.05) is 42.5 Å². The van der Waals surface area contributed by atoms with E-state index in [4.69, 9.17) is 4.74 Å². The molecule has 2 amide bonds. The number of hydrogen-bond acceptors (Lipinski definition) is 4. The van der Waals surface area contributed by atoms with E-state index < -0.39 is 12.0 Å². The van der Waals surface area contributed by atoms with Crippen LogP contribution in [0.15, 0.2) is 65.9 Å². The first-order valence-electron chi connectivity index (χ1n) is 10.0. The van der Waals surface area contributed by atoms with E-state index in [9.17, 15) is 9.59 Å². The Balaban J connectivity index is 1.74. The van der Waals surface area contributed by atoms with Crippen LogP contribution in [0.2, 0.25) is 0 Å². The Morgan fingerprint density at radius 3 is 2.69 bits per heavy atom. The molecule has 0 saturated carbocycles. The molecule has 0 bridgehead atoms. The lowest BCUT2D eigenvalue weighted by Crippen LogP contribution is -2.49. The summed E-state index contributed by atoms with van der Waals surface area (Å²) >= 11 is 0. The molecule has 0 saturated heterocycles. The van der Waals surface area contributed by atoms with E-state index in [1.54, 1.807) is 6.92 Å². The first-order chi connectivity index (χ1) is 14.2. The van der Waals surface area contributed by atoms with Gasteiger partial charge in [0.1, 0.15) is 0 Å². The number of ether oxygens (including phenoxy) is 1. The Labute approximate surface area is 170 Å². The van der Waals surface area contributed by atoms with Crippen LogP contribution in [0.1, 0.15) is 30.5 Å². The fourth-order valence-corrected chi connectivity index (χ4v) is 4.05. The van der Waals surface area contributed by atoms with Gasteiger partial charge >= 0.3 is 12.0 Å². The van der Waals surface area contributed by atoms with Crippen molar-refractivity contribution in [1.29, 1.82) is 0 Å². The normalized spacial score (nSPS) is 18.6. The molecule has 2 heterocycles. The van der Waals surface area contributed by atoms with Crippen LogP contribution in [-0.4, -0.2) is 31.7 Å². The Bertz CT molecular complexity index is 939. The van der Waals surface area contributed by atoms with Gasteiger partial charge in [0.05, 0.1) is 30.5 Å². The number of rotatable bonds is 5. The molecule has 2 aromatic rings. The van der Waals surface area contributed by atoms with Gasteiger partial charge < -0.3 is 20.3 Å². The summed E-state index contributed by atoms with van der Waals surface area (Å²) in [5.41, 5.74) is 4.34. The van der Waals surface area contributed by atoms with Crippen molar-refractivity contribution in [1.82, 2.24) is 10.6 Å². The van der Waals surface area contributed by atoms with Crippen molar-refractivity contribution in [2.45, 2.75) is 25.8 Å². The van der Waals surface area contributed by atoms with Crippen molar-refractivity contribution in [3.05, 3.63) is 77.0 Å². The number of anilines is 1. The Hall–Kier alpha value is -3.28. The largest absolute Gasteiger partial charge is 0.463 e. The van der Waals surface area contributed by atoms with E-state index in [0.717, 1.165) is 30.6 Å². The van der Waals surface area contributed by atoms with Gasteiger partial charge in [-0.1, -0.05) is 48.5 Å². The van der Waals surface area contributed by atoms with Crippen molar-refractivity contribution in [3.63, 3.8) is 0 Å². The highest BCUT2D eigenvalue weighted by Gasteiger charge is 2.34. The van der Waals surface area contributed by atoms with E-state index in [-0.39, 0.29) is 12.6 Å². The molecule has 6 heteroatoms. The van der Waals surface area contributed by atoms with Crippen LogP contribution in [0.25, 0.3) is 0 Å². The molecular weight excluding hydrogens is 366 g/mol. The van der Waals surface area contributed by atoms with Crippen LogP contribution >= 0.6 is 0 Å². The van der Waals surface area contributed by atoms with Crippen molar-refractivity contribution in [2.75, 3.05) is 24.6 Å². The number of carbonyl (C=O) groups excluding carboxylic acids is 2. The lowest BCUT2D eigenvalue weighted by molar-refractivity contribution is -0.139. The third kappa shape index (κ3) is 3.97. The second-order valence-corrected chi connectivity index (χ2v) is 7.21. The Morgan fingerprint density at radius 2 is 1.90 bits per heavy atom. The molecule has 0 aromatic heterocycles. The summed E-state index contributed by atoms with van der Waals surface area (Å²) in [5.74, 6) is -0.408. The number of hydrogen-bond donors (Lipinski definition) is 2. The van der Waals surface area contributed by atoms with Crippen molar-refractivity contribution in [2.24, 2.45) is 0 Å². The number of esters is 1. The van der Waals surface area contributed by atoms with E-state index in [2.05, 4.69) is 27.7 Å². The summed E-state index contributed by atoms with van der Waals surface area (Å²) in [7, 11) is 0. The van der Waals surface area contributed by atoms with Gasteiger partial charge in [0, 0.05) is 12.2 Å². The molecular formula is C23H25N3O3. The standard InChI is InChI=1S/C23H25N3O3/c1-2-29-22(27)20-18(15-26-14-8-12-16-9-6-7-13-19(16)26)24-23(28)25-21(20)17-10-4-3-5-11-17/h3-7,9-11,13,21H,2,8,12,14-15H2,1H3,(H2,24,25,28)/t21-/m0/s1. The molecule has 150 valence electrons. The third-order valence-electron chi connectivity index (χ3n) is 5.34. The van der Waals surface area contributed by atoms with Crippen molar-refractivity contribution in [3.8, 4) is 0 Å². The van der Waals surface area contributed by atoms with Gasteiger partial charge in [-0.15, -0.1) is 0 Å². The SMILES string of the molecule is CCOC(=O)C1=C(CN2CCCc3ccccc32)NC(=O)N[C@H]1c1ccccc1. The first-order valence-corrected chi connectivity index (χ1v) is 10.0. The van der Waals surface area contributed by atoms with E-state index >= 15 is 0 Å². The van der Waals surface area contributed by atoms with Crippen molar-refractivity contribution >= 4 is 17.7 Å². The van der Waals surface area contributed by atoms with Crippen LogP contribution in [0.3, 0.4) is 0 Å². The van der Waals surface area contributed by atoms with Crippen LogP contribution < -0.4 is 15.5 Å². The maximum Gasteiger partial charge on any atom is 0.338 e. The maximum atomic E-state index is 12.9. The molecule has 2 N–H and O–H groups in total. The number of aryl methyl sites for hydroxylation is 1. The minimum atomic E-state index is -0.543. The number of fused-ring (bicyclic) bond motifs is 1. The summed E-state index contributed by atoms with van der Waals surface area (Å²) in [6.45, 7) is 3.38. The van der Waals surface area contributed by atoms with Crippen molar-refractivity contribution < 1.29 is 14.3 Å². The van der Waals surface area contributed by atoms with Crippen LogP contribution in [0, 0.1) is 0 Å². The number of urea groups is 1. The molecule has 0 aliphatic carbocycles. The molecule has 2 aliphatic heterocycles. The number of nitrogens with zero attached hydrogens (tertiary/aromatic N) is 1. The Morgan fingerprint density at radius 1 is 1.14 bits per heavy atom. The summed E-state index contributed by atoms with van der Waals surface area (Å²) in [4.78, 5) is 27.6. The molecule has 4 rings (SSSR count). The number of para-hydroxylation sites is 1. The van der Waals surface area contributed by atoms with Crippen LogP contribution in [0.5, 0.6) is 0 Å². The average molecular weight is 391 g/mol. The van der Waals surface area contributed by atoms with Crippen LogP contribution in [-0.2, 0) is 16.0 Å². The number of nitrogens with one attached hydrogen (secondary N) is 2. The fourth-order valence-electron chi connectivity index (χ4n) is 4.05. The molecule has 0 fully saturated rings. The van der Waals surface area contributed by atoms with Crippen LogP contribution in [0.4, 0.5) is 10.5 Å². The van der Waals surface area contributed by atoms with Gasteiger partial charge in [-0.3, -0.25) is 0 Å². The zero-order valence-electron chi connectivity index (χ0n) is 16.5. The minimum absolute atomic E-state index is 0.275. The lowest BCUT2D eigenvalue weighted by Gasteiger charge is -2.35. The molecule has 0 spiro atoms. The summed E-state index contributed by atoms with van der Waals surface area (Å²) in [5, 5.41) is 5.75. The van der Waals surface area contributed by atoms with E-state index in [0.29, 0.717) is 17.8 Å². The quantitative estimate of drug-likeness (QED) is 0.767. The summed E-state index contributed by atoms with van der Waals surface area (Å²) < 4.78 is 5.35. The Kier molecular flexibility index (Phi) is 5.51. The van der Waals surface area contributed by atoms with Gasteiger partial charge in [-0.05, 0) is 37.0 Å². The predicted molar refractivity (Wildman–Crippen MR) is 111 cm³/mol. The van der Waals surface area contributed by atoms with Gasteiger partial charge in [0.15, 0.2) is 0 Å². The maximum absolute atomic E-state index is 12.9. The zero-order valence-corrected chi connectivity index (χ0v) is 16.5. The molecule has 29 heavy (non-hydrogen) atoms. The van der Waals surface area contributed by atoms with Gasteiger partial charge in [-0.2, -0.15) is 0 Å². The summed E-state index contributed by atoms with van der Waals surface area (Å²) in [6, 6.07) is 16.9. The average Bonchev–Trinajstić information content (AvgIpc) is 2.74. The second-order valence-electron chi connectivity index (χ2n) is 7.21. The van der Waals surface area contributed by atoms with Gasteiger partial charge in [0.25, 0.3) is 0 Å². The zero-order chi connectivity index (χ0) is 20.2. The minimum Gasteiger partial charge on any atom is -0.463 e. The topological polar surface area (TPSA) is 70.7 Å². The number of carbonyl (C=O) groups is 2. The highest BCUT2D eigenvalue weighted by atomic mass is 16.5. The first kappa shape index (κ1) is 19.1. The molecule has 2 aliphatic rings. The predicted octanol–water partition coefficient (Wildman–Crippen LogP) is 3.31. The van der Waals surface area contributed by atoms with E-state index in [1.165, 1.54) is 5.56 Å². The third-order valence-corrected chi connectivity index (χ3v) is 5.34. The highest BCUT2D eigenvalue weighted by Crippen LogP contribution is 2.31. The molecule has 0 radical (unpaired) electrons. The lowest BCUT2D eigenvalue weighted by atomic mass is 9.94. The molecule has 6 nitrogen and oxygen atoms in total. The smallest absolute Gasteiger partial charge is 0.338 e. The highest BCUT2D eigenvalue weighted by molar-refractivity contribution is 5.95. The molecule has 0 unspecified atom stereocenters. The number of amides is 2. The molecule has 2 aromatic carbocycles. The summed E-state index contributed by atoms with van der Waals surface area (Å²) in [6.07, 6.45) is 2.07. The van der Waals surface area contributed by atoms with Gasteiger partial charge in [-0.25, -0.2) is 9.59 Å². The second kappa shape index (κ2) is 8.39. The van der Waals surface area contributed by atoms with Gasteiger partial charge in [0.2, 0.25) is 0 Å². The fraction of sp³-hybridized carbons (Fsp3) is 0.304. The monoisotopic (exact) mass is 391 g/mol.